The lowest BCUT2D eigenvalue weighted by molar-refractivity contribution is -0.131. The Hall–Kier alpha value is -1.33. The molecular weight excluding hydrogens is 304 g/mol. The van der Waals surface area contributed by atoms with Crippen LogP contribution < -0.4 is 0 Å². The summed E-state index contributed by atoms with van der Waals surface area (Å²) in [5.41, 5.74) is 0.0234. The first kappa shape index (κ1) is 16.2. The molecule has 0 N–H and O–H groups in total. The highest BCUT2D eigenvalue weighted by atomic mass is 16.5. The summed E-state index contributed by atoms with van der Waals surface area (Å²) < 4.78 is 11.7. The fraction of sp³-hybridized carbons (Fsp3) is 0.737. The summed E-state index contributed by atoms with van der Waals surface area (Å²) in [5.74, 6) is 1.79. The van der Waals surface area contributed by atoms with E-state index in [0.29, 0.717) is 18.2 Å². The summed E-state index contributed by atoms with van der Waals surface area (Å²) in [5, 5.41) is 0. The Kier molecular flexibility index (Phi) is 4.63. The third-order valence-electron chi connectivity index (χ3n) is 5.93. The van der Waals surface area contributed by atoms with E-state index in [0.717, 1.165) is 64.4 Å². The Morgan fingerprint density at radius 3 is 2.71 bits per heavy atom. The van der Waals surface area contributed by atoms with Crippen molar-refractivity contribution in [2.75, 3.05) is 32.8 Å². The predicted octanol–water partition coefficient (Wildman–Crippen LogP) is 2.66. The molecule has 3 aliphatic heterocycles. The predicted molar refractivity (Wildman–Crippen MR) is 90.4 cm³/mol. The van der Waals surface area contributed by atoms with E-state index in [4.69, 9.17) is 9.15 Å². The number of rotatable bonds is 4. The number of amides is 1. The minimum Gasteiger partial charge on any atom is -0.468 e. The molecule has 0 aliphatic carbocycles. The molecule has 0 unspecified atom stereocenters. The van der Waals surface area contributed by atoms with E-state index < -0.39 is 0 Å². The lowest BCUT2D eigenvalue weighted by Crippen LogP contribution is -2.43. The van der Waals surface area contributed by atoms with Crippen LogP contribution in [0.2, 0.25) is 0 Å². The van der Waals surface area contributed by atoms with Crippen molar-refractivity contribution in [3.05, 3.63) is 24.2 Å². The van der Waals surface area contributed by atoms with Crippen LogP contribution in [-0.4, -0.2) is 54.1 Å². The van der Waals surface area contributed by atoms with E-state index >= 15 is 0 Å². The molecule has 1 aromatic rings. The first-order valence-electron chi connectivity index (χ1n) is 9.39. The molecule has 4 heterocycles. The summed E-state index contributed by atoms with van der Waals surface area (Å²) in [6, 6.07) is 3.99. The van der Waals surface area contributed by atoms with Gasteiger partial charge in [-0.25, -0.2) is 0 Å². The van der Waals surface area contributed by atoms with E-state index in [-0.39, 0.29) is 5.60 Å². The molecule has 132 valence electrons. The van der Waals surface area contributed by atoms with E-state index in [1.54, 1.807) is 6.26 Å². The van der Waals surface area contributed by atoms with E-state index in [2.05, 4.69) is 4.90 Å². The van der Waals surface area contributed by atoms with E-state index in [9.17, 15) is 4.79 Å². The van der Waals surface area contributed by atoms with Crippen LogP contribution in [-0.2, 0) is 16.1 Å². The molecule has 5 heteroatoms. The summed E-state index contributed by atoms with van der Waals surface area (Å²) in [6.45, 7) is 5.66. The lowest BCUT2D eigenvalue weighted by Gasteiger charge is -2.38. The van der Waals surface area contributed by atoms with Gasteiger partial charge in [-0.1, -0.05) is 0 Å². The molecule has 0 bridgehead atoms. The van der Waals surface area contributed by atoms with Gasteiger partial charge in [0.05, 0.1) is 25.0 Å². The van der Waals surface area contributed by atoms with Gasteiger partial charge >= 0.3 is 0 Å². The minimum atomic E-state index is 0.0234. The van der Waals surface area contributed by atoms with Gasteiger partial charge in [0.15, 0.2) is 0 Å². The number of piperidine rings is 1. The minimum absolute atomic E-state index is 0.0234. The fourth-order valence-electron chi connectivity index (χ4n) is 4.50. The second-order valence-corrected chi connectivity index (χ2v) is 7.71. The van der Waals surface area contributed by atoms with Crippen molar-refractivity contribution in [3.8, 4) is 0 Å². The zero-order chi connectivity index (χ0) is 16.4. The molecule has 3 fully saturated rings. The van der Waals surface area contributed by atoms with Crippen molar-refractivity contribution in [1.29, 1.82) is 0 Å². The van der Waals surface area contributed by atoms with Gasteiger partial charge in [0, 0.05) is 32.6 Å². The molecule has 5 nitrogen and oxygen atoms in total. The smallest absolute Gasteiger partial charge is 0.222 e. The molecule has 0 aromatic carbocycles. The average Bonchev–Trinajstić information content (AvgIpc) is 3.33. The van der Waals surface area contributed by atoms with Gasteiger partial charge in [0.2, 0.25) is 5.91 Å². The highest BCUT2D eigenvalue weighted by Gasteiger charge is 2.43. The van der Waals surface area contributed by atoms with E-state index in [1.165, 1.54) is 12.8 Å². The number of carbonyl (C=O) groups is 1. The molecule has 1 amide bonds. The summed E-state index contributed by atoms with van der Waals surface area (Å²) >= 11 is 0. The van der Waals surface area contributed by atoms with Crippen LogP contribution in [0, 0.1) is 5.92 Å². The second kappa shape index (κ2) is 6.89. The number of hydrogen-bond acceptors (Lipinski definition) is 4. The molecular formula is C19H28N2O3. The van der Waals surface area contributed by atoms with Crippen LogP contribution in [0.5, 0.6) is 0 Å². The normalized spacial score (nSPS) is 27.2. The SMILES string of the molecule is O=C(C[C@H]1COC2(CCN(Cc3ccco3)CC2)C1)N1CCCC1. The number of hydrogen-bond donors (Lipinski definition) is 0. The first-order valence-corrected chi connectivity index (χ1v) is 9.39. The van der Waals surface area contributed by atoms with Gasteiger partial charge in [0.1, 0.15) is 5.76 Å². The fourth-order valence-corrected chi connectivity index (χ4v) is 4.50. The van der Waals surface area contributed by atoms with Gasteiger partial charge < -0.3 is 14.1 Å². The Morgan fingerprint density at radius 1 is 1.21 bits per heavy atom. The number of nitrogens with zero attached hydrogens (tertiary/aromatic N) is 2. The van der Waals surface area contributed by atoms with E-state index in [1.807, 2.05) is 17.0 Å². The van der Waals surface area contributed by atoms with Crippen LogP contribution in [0.3, 0.4) is 0 Å². The van der Waals surface area contributed by atoms with Gasteiger partial charge in [0.25, 0.3) is 0 Å². The third kappa shape index (κ3) is 3.52. The van der Waals surface area contributed by atoms with Crippen molar-refractivity contribution >= 4 is 5.91 Å². The Labute approximate surface area is 143 Å². The molecule has 1 aromatic heterocycles. The Balaban J connectivity index is 1.25. The van der Waals surface area contributed by atoms with Gasteiger partial charge in [-0.15, -0.1) is 0 Å². The first-order chi connectivity index (χ1) is 11.7. The lowest BCUT2D eigenvalue weighted by atomic mass is 9.84. The van der Waals surface area contributed by atoms with Crippen LogP contribution in [0.1, 0.15) is 44.3 Å². The van der Waals surface area contributed by atoms with Gasteiger partial charge in [-0.05, 0) is 50.2 Å². The van der Waals surface area contributed by atoms with Crippen molar-refractivity contribution in [3.63, 3.8) is 0 Å². The summed E-state index contributed by atoms with van der Waals surface area (Å²) in [7, 11) is 0. The molecule has 3 aliphatic rings. The summed E-state index contributed by atoms with van der Waals surface area (Å²) in [6.07, 6.45) is 7.96. The largest absolute Gasteiger partial charge is 0.468 e. The average molecular weight is 332 g/mol. The third-order valence-corrected chi connectivity index (χ3v) is 5.93. The topological polar surface area (TPSA) is 45.9 Å². The number of furan rings is 1. The zero-order valence-corrected chi connectivity index (χ0v) is 14.4. The maximum atomic E-state index is 12.4. The van der Waals surface area contributed by atoms with Crippen LogP contribution in [0.4, 0.5) is 0 Å². The molecule has 3 saturated heterocycles. The van der Waals surface area contributed by atoms with Gasteiger partial charge in [-0.2, -0.15) is 0 Å². The zero-order valence-electron chi connectivity index (χ0n) is 14.4. The monoisotopic (exact) mass is 332 g/mol. The Bertz CT molecular complexity index is 543. The molecule has 1 spiro atoms. The number of ether oxygens (including phenoxy) is 1. The molecule has 4 rings (SSSR count). The standard InChI is InChI=1S/C19H28N2O3/c22-18(21-7-1-2-8-21)12-16-13-19(24-15-16)5-9-20(10-6-19)14-17-4-3-11-23-17/h3-4,11,16H,1-2,5-10,12-15H2/t16-/m1/s1. The van der Waals surface area contributed by atoms with Crippen molar-refractivity contribution < 1.29 is 13.9 Å². The quantitative estimate of drug-likeness (QED) is 0.850. The van der Waals surface area contributed by atoms with Crippen LogP contribution in [0.25, 0.3) is 0 Å². The maximum absolute atomic E-state index is 12.4. The maximum Gasteiger partial charge on any atom is 0.222 e. The molecule has 0 radical (unpaired) electrons. The molecule has 1 atom stereocenters. The van der Waals surface area contributed by atoms with Crippen molar-refractivity contribution in [2.24, 2.45) is 5.92 Å². The highest BCUT2D eigenvalue weighted by Crippen LogP contribution is 2.40. The number of carbonyl (C=O) groups excluding carboxylic acids is 1. The molecule has 24 heavy (non-hydrogen) atoms. The number of likely N-dealkylation sites (tertiary alicyclic amines) is 2. The molecule has 0 saturated carbocycles. The highest BCUT2D eigenvalue weighted by molar-refractivity contribution is 5.76. The van der Waals surface area contributed by atoms with Gasteiger partial charge in [-0.3, -0.25) is 9.69 Å². The van der Waals surface area contributed by atoms with Crippen LogP contribution >= 0.6 is 0 Å². The Morgan fingerprint density at radius 2 is 2.00 bits per heavy atom. The van der Waals surface area contributed by atoms with Crippen molar-refractivity contribution in [2.45, 2.75) is 50.7 Å². The second-order valence-electron chi connectivity index (χ2n) is 7.71. The van der Waals surface area contributed by atoms with Crippen molar-refractivity contribution in [1.82, 2.24) is 9.80 Å². The summed E-state index contributed by atoms with van der Waals surface area (Å²) in [4.78, 5) is 16.8. The van der Waals surface area contributed by atoms with Crippen LogP contribution in [0.15, 0.2) is 22.8 Å².